The summed E-state index contributed by atoms with van der Waals surface area (Å²) < 4.78 is 17.2. The fourth-order valence-corrected chi connectivity index (χ4v) is 6.97. The molecule has 2 atom stereocenters. The summed E-state index contributed by atoms with van der Waals surface area (Å²) in [6.07, 6.45) is 7.24. The number of imidazole rings is 1. The second-order valence-electron chi connectivity index (χ2n) is 10.9. The minimum atomic E-state index is -0.614. The van der Waals surface area contributed by atoms with Gasteiger partial charge in [-0.15, -0.1) is 11.3 Å². The van der Waals surface area contributed by atoms with Crippen molar-refractivity contribution in [1.29, 1.82) is 0 Å². The molecule has 0 radical (unpaired) electrons. The van der Waals surface area contributed by atoms with E-state index < -0.39 is 5.95 Å². The standard InChI is InChI=1S/C29H29FN6O2S/c1-16-20-8-11-39-24(20)7-10-36(16)29(38)19-12-22(17-2-3-17)28-32-23(15-35(28)14-19)21-4-5-25(33-26(21)30)34-9-6-18(13-34)27(31)37/h4-5,8,11-12,14-18H,2-3,6-7,9-10,13H2,1H3,(H2,31,37)/t16-,18+/m1/s1. The number of pyridine rings is 2. The summed E-state index contributed by atoms with van der Waals surface area (Å²) in [7, 11) is 0. The Morgan fingerprint density at radius 1 is 1.08 bits per heavy atom. The number of aromatic nitrogens is 3. The van der Waals surface area contributed by atoms with Crippen LogP contribution in [0.25, 0.3) is 16.9 Å². The minimum Gasteiger partial charge on any atom is -0.369 e. The highest BCUT2D eigenvalue weighted by Gasteiger charge is 2.33. The van der Waals surface area contributed by atoms with Gasteiger partial charge in [-0.1, -0.05) is 0 Å². The van der Waals surface area contributed by atoms with Crippen LogP contribution in [0, 0.1) is 11.9 Å². The first-order valence-corrected chi connectivity index (χ1v) is 14.4. The molecule has 3 aliphatic rings. The van der Waals surface area contributed by atoms with Crippen LogP contribution in [0.1, 0.15) is 64.5 Å². The van der Waals surface area contributed by atoms with Gasteiger partial charge in [-0.25, -0.2) is 9.97 Å². The highest BCUT2D eigenvalue weighted by atomic mass is 32.1. The van der Waals surface area contributed by atoms with Gasteiger partial charge in [-0.05, 0) is 79.3 Å². The van der Waals surface area contributed by atoms with E-state index in [1.54, 1.807) is 29.7 Å². The first-order valence-electron chi connectivity index (χ1n) is 13.5. The lowest BCUT2D eigenvalue weighted by Crippen LogP contribution is -2.38. The van der Waals surface area contributed by atoms with Gasteiger partial charge in [0.2, 0.25) is 11.9 Å². The summed E-state index contributed by atoms with van der Waals surface area (Å²) in [6.45, 7) is 3.84. The maximum Gasteiger partial charge on any atom is 0.255 e. The van der Waals surface area contributed by atoms with Crippen LogP contribution in [0.5, 0.6) is 0 Å². The molecule has 0 spiro atoms. The van der Waals surface area contributed by atoms with Crippen LogP contribution >= 0.6 is 11.3 Å². The van der Waals surface area contributed by atoms with Gasteiger partial charge in [0.05, 0.1) is 28.8 Å². The number of nitrogens with zero attached hydrogens (tertiary/aromatic N) is 5. The predicted octanol–water partition coefficient (Wildman–Crippen LogP) is 4.55. The second kappa shape index (κ2) is 9.15. The minimum absolute atomic E-state index is 0.00970. The van der Waals surface area contributed by atoms with Crippen molar-refractivity contribution in [3.8, 4) is 11.3 Å². The number of carbonyl (C=O) groups excluding carboxylic acids is 2. The number of halogens is 1. The van der Waals surface area contributed by atoms with Gasteiger partial charge in [-0.2, -0.15) is 4.39 Å². The molecule has 0 unspecified atom stereocenters. The summed E-state index contributed by atoms with van der Waals surface area (Å²) in [4.78, 5) is 39.5. The lowest BCUT2D eigenvalue weighted by atomic mass is 10.00. The smallest absolute Gasteiger partial charge is 0.255 e. The van der Waals surface area contributed by atoms with E-state index in [2.05, 4.69) is 23.4 Å². The molecule has 2 amide bonds. The maximum absolute atomic E-state index is 15.3. The first-order chi connectivity index (χ1) is 18.9. The quantitative estimate of drug-likeness (QED) is 0.372. The van der Waals surface area contributed by atoms with Crippen molar-refractivity contribution in [3.05, 3.63) is 69.6 Å². The fourth-order valence-electron chi connectivity index (χ4n) is 6.01. The summed E-state index contributed by atoms with van der Waals surface area (Å²) in [5.41, 5.74) is 9.87. The maximum atomic E-state index is 15.3. The zero-order valence-corrected chi connectivity index (χ0v) is 22.5. The number of amides is 2. The largest absolute Gasteiger partial charge is 0.369 e. The number of rotatable bonds is 5. The third kappa shape index (κ3) is 4.17. The zero-order chi connectivity index (χ0) is 26.8. The summed E-state index contributed by atoms with van der Waals surface area (Å²) in [5, 5.41) is 2.10. The molecular formula is C29H29FN6O2S. The molecule has 39 heavy (non-hydrogen) atoms. The molecule has 8 nitrogen and oxygen atoms in total. The summed E-state index contributed by atoms with van der Waals surface area (Å²) in [5.74, 6) is -0.344. The van der Waals surface area contributed by atoms with Crippen LogP contribution in [-0.4, -0.2) is 50.7 Å². The Morgan fingerprint density at radius 3 is 2.67 bits per heavy atom. The summed E-state index contributed by atoms with van der Waals surface area (Å²) in [6, 6.07) is 7.59. The van der Waals surface area contributed by atoms with Crippen LogP contribution in [0.3, 0.4) is 0 Å². The Bertz CT molecular complexity index is 1630. The predicted molar refractivity (Wildman–Crippen MR) is 147 cm³/mol. The SMILES string of the molecule is C[C@@H]1c2ccsc2CCN1C(=O)c1cc(C2CC2)c2nc(-c3ccc(N4CC[C@H](C(N)=O)C4)nc3F)cn2c1. The molecule has 1 saturated heterocycles. The highest BCUT2D eigenvalue weighted by Crippen LogP contribution is 2.43. The van der Waals surface area contributed by atoms with Crippen molar-refractivity contribution in [3.63, 3.8) is 0 Å². The Morgan fingerprint density at radius 2 is 1.92 bits per heavy atom. The number of anilines is 1. The number of carbonyl (C=O) groups is 2. The van der Waals surface area contributed by atoms with E-state index in [-0.39, 0.29) is 23.8 Å². The molecule has 2 fully saturated rings. The Labute approximate surface area is 229 Å². The molecule has 7 rings (SSSR count). The lowest BCUT2D eigenvalue weighted by molar-refractivity contribution is -0.121. The van der Waals surface area contributed by atoms with Crippen LogP contribution in [0.15, 0.2) is 42.0 Å². The van der Waals surface area contributed by atoms with Gasteiger partial charge in [0.25, 0.3) is 5.91 Å². The molecule has 6 heterocycles. The average Bonchev–Trinajstić information content (AvgIpc) is 3.31. The molecule has 4 aromatic heterocycles. The molecular weight excluding hydrogens is 515 g/mol. The average molecular weight is 545 g/mol. The highest BCUT2D eigenvalue weighted by molar-refractivity contribution is 7.10. The normalized spacial score (nSPS) is 21.0. The molecule has 0 aromatic carbocycles. The van der Waals surface area contributed by atoms with E-state index >= 15 is 4.39 Å². The number of thiophene rings is 1. The van der Waals surface area contributed by atoms with Gasteiger partial charge >= 0.3 is 0 Å². The van der Waals surface area contributed by atoms with E-state index in [9.17, 15) is 9.59 Å². The van der Waals surface area contributed by atoms with Crippen LogP contribution in [-0.2, 0) is 11.2 Å². The number of primary amides is 1. The third-order valence-electron chi connectivity index (χ3n) is 8.41. The van der Waals surface area contributed by atoms with Gasteiger partial charge in [0, 0.05) is 36.9 Å². The van der Waals surface area contributed by atoms with Crippen LogP contribution in [0.2, 0.25) is 0 Å². The third-order valence-corrected chi connectivity index (χ3v) is 9.40. The monoisotopic (exact) mass is 544 g/mol. The van der Waals surface area contributed by atoms with Crippen molar-refractivity contribution >= 4 is 34.6 Å². The van der Waals surface area contributed by atoms with E-state index in [1.807, 2.05) is 26.5 Å². The van der Waals surface area contributed by atoms with Crippen molar-refractivity contribution in [2.45, 2.75) is 44.6 Å². The Balaban J connectivity index is 1.21. The number of fused-ring (bicyclic) bond motifs is 2. The van der Waals surface area contributed by atoms with Crippen molar-refractivity contribution in [2.24, 2.45) is 11.7 Å². The lowest BCUT2D eigenvalue weighted by Gasteiger charge is -2.33. The molecule has 1 aliphatic carbocycles. The van der Waals surface area contributed by atoms with E-state index in [1.165, 1.54) is 10.4 Å². The van der Waals surface area contributed by atoms with Crippen molar-refractivity contribution < 1.29 is 14.0 Å². The first kappa shape index (κ1) is 24.3. The number of hydrogen-bond donors (Lipinski definition) is 1. The van der Waals surface area contributed by atoms with Gasteiger partial charge in [-0.3, -0.25) is 9.59 Å². The molecule has 4 aromatic rings. The zero-order valence-electron chi connectivity index (χ0n) is 21.6. The summed E-state index contributed by atoms with van der Waals surface area (Å²) >= 11 is 1.76. The van der Waals surface area contributed by atoms with Gasteiger partial charge in [0.15, 0.2) is 0 Å². The van der Waals surface area contributed by atoms with Crippen molar-refractivity contribution in [1.82, 2.24) is 19.3 Å². The Hall–Kier alpha value is -3.79. The van der Waals surface area contributed by atoms with Crippen LogP contribution < -0.4 is 10.6 Å². The number of nitrogens with two attached hydrogens (primary N) is 1. The topological polar surface area (TPSA) is 96.8 Å². The Kier molecular flexibility index (Phi) is 5.69. The van der Waals surface area contributed by atoms with Gasteiger partial charge in [0.1, 0.15) is 11.5 Å². The molecule has 2 aliphatic heterocycles. The molecule has 200 valence electrons. The van der Waals surface area contributed by atoms with E-state index in [0.29, 0.717) is 54.6 Å². The van der Waals surface area contributed by atoms with Crippen molar-refractivity contribution in [2.75, 3.05) is 24.5 Å². The second-order valence-corrected chi connectivity index (χ2v) is 11.9. The van der Waals surface area contributed by atoms with Gasteiger partial charge < -0.3 is 19.9 Å². The van der Waals surface area contributed by atoms with Crippen LogP contribution in [0.4, 0.5) is 10.2 Å². The molecule has 0 bridgehead atoms. The molecule has 10 heteroatoms. The number of hydrogen-bond acceptors (Lipinski definition) is 6. The fraction of sp³-hybridized carbons (Fsp3) is 0.379. The molecule has 2 N–H and O–H groups in total. The van der Waals surface area contributed by atoms with E-state index in [4.69, 9.17) is 10.7 Å². The van der Waals surface area contributed by atoms with E-state index in [0.717, 1.165) is 30.5 Å². The molecule has 1 saturated carbocycles.